The lowest BCUT2D eigenvalue weighted by molar-refractivity contribution is 0.0745. The third-order valence-electron chi connectivity index (χ3n) is 5.61. The third kappa shape index (κ3) is 4.24. The van der Waals surface area contributed by atoms with Gasteiger partial charge in [0.25, 0.3) is 11.9 Å². The summed E-state index contributed by atoms with van der Waals surface area (Å²) in [6.45, 7) is 10.6. The second-order valence-corrected chi connectivity index (χ2v) is 8.47. The van der Waals surface area contributed by atoms with Crippen LogP contribution in [0.5, 0.6) is 5.75 Å². The fourth-order valence-electron chi connectivity index (χ4n) is 3.30. The molecule has 2 fully saturated rings. The SMILES string of the molecule is C=Nc1nc(N2CCN(C(=O)c3ccc(OCC4(C)CC4)c(Cl)c3)CC2)oc1C. The van der Waals surface area contributed by atoms with Gasteiger partial charge in [0.1, 0.15) is 11.5 Å². The molecule has 0 bridgehead atoms. The predicted octanol–water partition coefficient (Wildman–Crippen LogP) is 4.11. The standard InChI is InChI=1S/C21H25ClN4O3/c1-14-18(23-3)24-20(29-14)26-10-8-25(9-11-26)19(27)15-4-5-17(16(22)12-15)28-13-21(2)6-7-21/h4-5,12H,3,6-11,13H2,1-2H3. The van der Waals surface area contributed by atoms with Crippen LogP contribution in [0.3, 0.4) is 0 Å². The van der Waals surface area contributed by atoms with Crippen molar-refractivity contribution in [2.45, 2.75) is 26.7 Å². The summed E-state index contributed by atoms with van der Waals surface area (Å²) in [7, 11) is 0. The Morgan fingerprint density at radius 1 is 1.34 bits per heavy atom. The Bertz CT molecular complexity index is 930. The number of piperazine rings is 1. The van der Waals surface area contributed by atoms with E-state index in [1.54, 1.807) is 18.2 Å². The first-order valence-electron chi connectivity index (χ1n) is 9.79. The monoisotopic (exact) mass is 416 g/mol. The van der Waals surface area contributed by atoms with Crippen LogP contribution in [0.1, 0.15) is 35.9 Å². The summed E-state index contributed by atoms with van der Waals surface area (Å²) in [5.74, 6) is 1.74. The molecule has 29 heavy (non-hydrogen) atoms. The van der Waals surface area contributed by atoms with Gasteiger partial charge in [0.15, 0.2) is 5.82 Å². The number of benzene rings is 1. The Labute approximate surface area is 175 Å². The summed E-state index contributed by atoms with van der Waals surface area (Å²) < 4.78 is 11.5. The summed E-state index contributed by atoms with van der Waals surface area (Å²) in [6.07, 6.45) is 2.37. The number of ether oxygens (including phenoxy) is 1. The third-order valence-corrected chi connectivity index (χ3v) is 5.90. The van der Waals surface area contributed by atoms with Crippen molar-refractivity contribution >= 4 is 36.1 Å². The average Bonchev–Trinajstić information content (AvgIpc) is 3.34. The van der Waals surface area contributed by atoms with Gasteiger partial charge in [-0.15, -0.1) is 0 Å². The van der Waals surface area contributed by atoms with E-state index in [0.717, 1.165) is 0 Å². The maximum absolute atomic E-state index is 12.9. The molecule has 1 aromatic heterocycles. The van der Waals surface area contributed by atoms with Gasteiger partial charge in [-0.1, -0.05) is 18.5 Å². The molecule has 0 radical (unpaired) electrons. The molecular weight excluding hydrogens is 392 g/mol. The molecule has 7 nitrogen and oxygen atoms in total. The van der Waals surface area contributed by atoms with Crippen LogP contribution in [0.4, 0.5) is 11.8 Å². The Morgan fingerprint density at radius 2 is 2.07 bits per heavy atom. The Morgan fingerprint density at radius 3 is 2.66 bits per heavy atom. The summed E-state index contributed by atoms with van der Waals surface area (Å²) in [6, 6.07) is 5.79. The fraction of sp³-hybridized carbons (Fsp3) is 0.476. The quantitative estimate of drug-likeness (QED) is 0.662. The van der Waals surface area contributed by atoms with Crippen molar-refractivity contribution in [1.82, 2.24) is 9.88 Å². The molecule has 2 aliphatic rings. The molecule has 1 saturated heterocycles. The zero-order chi connectivity index (χ0) is 20.6. The highest BCUT2D eigenvalue weighted by Gasteiger charge is 2.38. The number of oxazole rings is 1. The van der Waals surface area contributed by atoms with Crippen LogP contribution in [-0.2, 0) is 0 Å². The normalized spacial score (nSPS) is 17.9. The number of rotatable bonds is 6. The number of hydrogen-bond acceptors (Lipinski definition) is 6. The molecule has 1 aliphatic carbocycles. The van der Waals surface area contributed by atoms with Crippen molar-refractivity contribution in [2.75, 3.05) is 37.7 Å². The Balaban J connectivity index is 1.36. The van der Waals surface area contributed by atoms with E-state index in [1.165, 1.54) is 12.8 Å². The van der Waals surface area contributed by atoms with E-state index in [0.29, 0.717) is 66.7 Å². The van der Waals surface area contributed by atoms with Gasteiger partial charge in [0.05, 0.1) is 11.6 Å². The molecule has 2 aromatic rings. The molecule has 0 spiro atoms. The number of carbonyl (C=O) groups is 1. The van der Waals surface area contributed by atoms with Gasteiger partial charge in [-0.3, -0.25) is 4.79 Å². The number of carbonyl (C=O) groups excluding carboxylic acids is 1. The van der Waals surface area contributed by atoms with Crippen LogP contribution >= 0.6 is 11.6 Å². The van der Waals surface area contributed by atoms with E-state index in [9.17, 15) is 4.79 Å². The highest BCUT2D eigenvalue weighted by molar-refractivity contribution is 6.32. The average molecular weight is 417 g/mol. The maximum Gasteiger partial charge on any atom is 0.299 e. The van der Waals surface area contributed by atoms with E-state index in [2.05, 4.69) is 23.6 Å². The smallest absolute Gasteiger partial charge is 0.299 e. The Kier molecular flexibility index (Phi) is 5.25. The topological polar surface area (TPSA) is 71.2 Å². The number of nitrogens with zero attached hydrogens (tertiary/aromatic N) is 4. The number of amides is 1. The van der Waals surface area contributed by atoms with Crippen molar-refractivity contribution in [2.24, 2.45) is 10.4 Å². The molecule has 0 atom stereocenters. The summed E-state index contributed by atoms with van der Waals surface area (Å²) in [4.78, 5) is 24.9. The minimum Gasteiger partial charge on any atom is -0.491 e. The van der Waals surface area contributed by atoms with Crippen LogP contribution < -0.4 is 9.64 Å². The van der Waals surface area contributed by atoms with Gasteiger partial charge < -0.3 is 19.0 Å². The van der Waals surface area contributed by atoms with Crippen molar-refractivity contribution in [1.29, 1.82) is 0 Å². The molecule has 1 saturated carbocycles. The fourth-order valence-corrected chi connectivity index (χ4v) is 3.54. The number of hydrogen-bond donors (Lipinski definition) is 0. The minimum atomic E-state index is -0.0377. The lowest BCUT2D eigenvalue weighted by atomic mass is 10.1. The van der Waals surface area contributed by atoms with Gasteiger partial charge in [0.2, 0.25) is 0 Å². The first kappa shape index (κ1) is 19.8. The number of aryl methyl sites for hydroxylation is 1. The van der Waals surface area contributed by atoms with Gasteiger partial charge in [-0.25, -0.2) is 4.99 Å². The predicted molar refractivity (Wildman–Crippen MR) is 113 cm³/mol. The van der Waals surface area contributed by atoms with E-state index < -0.39 is 0 Å². The summed E-state index contributed by atoms with van der Waals surface area (Å²) in [5, 5.41) is 0.471. The highest BCUT2D eigenvalue weighted by Crippen LogP contribution is 2.45. The molecule has 1 amide bonds. The number of aromatic nitrogens is 1. The van der Waals surface area contributed by atoms with Crippen LogP contribution in [0.15, 0.2) is 27.6 Å². The molecule has 1 aliphatic heterocycles. The summed E-state index contributed by atoms with van der Waals surface area (Å²) >= 11 is 6.36. The number of halogens is 1. The molecule has 2 heterocycles. The van der Waals surface area contributed by atoms with Gasteiger partial charge in [-0.05, 0) is 44.7 Å². The second-order valence-electron chi connectivity index (χ2n) is 8.06. The van der Waals surface area contributed by atoms with Gasteiger partial charge in [0, 0.05) is 37.2 Å². The van der Waals surface area contributed by atoms with E-state index in [4.69, 9.17) is 20.8 Å². The lowest BCUT2D eigenvalue weighted by Gasteiger charge is -2.33. The Hall–Kier alpha value is -2.54. The molecule has 1 aromatic carbocycles. The maximum atomic E-state index is 12.9. The number of aliphatic imine (C=N–C) groups is 1. The second kappa shape index (κ2) is 7.71. The van der Waals surface area contributed by atoms with Crippen molar-refractivity contribution < 1.29 is 13.9 Å². The van der Waals surface area contributed by atoms with Crippen molar-refractivity contribution in [3.63, 3.8) is 0 Å². The molecule has 0 N–H and O–H groups in total. The molecule has 4 rings (SSSR count). The van der Waals surface area contributed by atoms with Gasteiger partial charge >= 0.3 is 0 Å². The van der Waals surface area contributed by atoms with E-state index in [-0.39, 0.29) is 11.3 Å². The zero-order valence-electron chi connectivity index (χ0n) is 16.8. The largest absolute Gasteiger partial charge is 0.491 e. The minimum absolute atomic E-state index is 0.0377. The summed E-state index contributed by atoms with van der Waals surface area (Å²) in [5.41, 5.74) is 0.847. The van der Waals surface area contributed by atoms with E-state index >= 15 is 0 Å². The van der Waals surface area contributed by atoms with Crippen LogP contribution in [-0.4, -0.2) is 55.3 Å². The van der Waals surface area contributed by atoms with E-state index in [1.807, 2.05) is 16.7 Å². The zero-order valence-corrected chi connectivity index (χ0v) is 17.5. The van der Waals surface area contributed by atoms with Crippen LogP contribution in [0, 0.1) is 12.3 Å². The van der Waals surface area contributed by atoms with Crippen molar-refractivity contribution in [3.8, 4) is 5.75 Å². The first-order valence-corrected chi connectivity index (χ1v) is 10.2. The molecule has 0 unspecified atom stereocenters. The lowest BCUT2D eigenvalue weighted by Crippen LogP contribution is -2.48. The first-order chi connectivity index (χ1) is 13.9. The van der Waals surface area contributed by atoms with Crippen LogP contribution in [0.2, 0.25) is 5.02 Å². The molecular formula is C21H25ClN4O3. The molecule has 154 valence electrons. The van der Waals surface area contributed by atoms with Crippen molar-refractivity contribution in [3.05, 3.63) is 34.5 Å². The number of anilines is 1. The van der Waals surface area contributed by atoms with Gasteiger partial charge in [-0.2, -0.15) is 4.98 Å². The molecule has 8 heteroatoms. The van der Waals surface area contributed by atoms with Crippen LogP contribution in [0.25, 0.3) is 0 Å². The highest BCUT2D eigenvalue weighted by atomic mass is 35.5.